The van der Waals surface area contributed by atoms with Crippen LogP contribution in [0.3, 0.4) is 0 Å². The fraction of sp³-hybridized carbons (Fsp3) is 0.222. The van der Waals surface area contributed by atoms with Gasteiger partial charge in [-0.25, -0.2) is 9.67 Å². The van der Waals surface area contributed by atoms with E-state index < -0.39 is 0 Å². The zero-order valence-electron chi connectivity index (χ0n) is 19.4. The normalized spacial score (nSPS) is 14.8. The first-order chi connectivity index (χ1) is 16.7. The van der Waals surface area contributed by atoms with Gasteiger partial charge in [0.15, 0.2) is 0 Å². The van der Waals surface area contributed by atoms with Gasteiger partial charge in [-0.2, -0.15) is 5.10 Å². The summed E-state index contributed by atoms with van der Waals surface area (Å²) in [6.45, 7) is 7.68. The average Bonchev–Trinajstić information content (AvgIpc) is 3.28. The van der Waals surface area contributed by atoms with Gasteiger partial charge in [0.05, 0.1) is 37.0 Å². The summed E-state index contributed by atoms with van der Waals surface area (Å²) in [7, 11) is 0. The Kier molecular flexibility index (Phi) is 6.65. The van der Waals surface area contributed by atoms with Crippen LogP contribution in [0.2, 0.25) is 0 Å². The molecule has 1 saturated heterocycles. The van der Waals surface area contributed by atoms with Gasteiger partial charge in [0.2, 0.25) is 4.80 Å². The number of morpholine rings is 1. The molecule has 2 aromatic heterocycles. The Balaban J connectivity index is 1.50. The highest BCUT2D eigenvalue weighted by molar-refractivity contribution is 7.07. The van der Waals surface area contributed by atoms with Gasteiger partial charge in [-0.1, -0.05) is 24.3 Å². The lowest BCUT2D eigenvalue weighted by molar-refractivity contribution is 0.122. The third-order valence-electron chi connectivity index (χ3n) is 5.95. The van der Waals surface area contributed by atoms with E-state index in [2.05, 4.69) is 71.6 Å². The van der Waals surface area contributed by atoms with Crippen LogP contribution in [0.15, 0.2) is 82.5 Å². The van der Waals surface area contributed by atoms with E-state index in [0.717, 1.165) is 53.6 Å². The van der Waals surface area contributed by atoms with Gasteiger partial charge < -0.3 is 9.64 Å². The number of ether oxygens (including phenoxy) is 1. The van der Waals surface area contributed by atoms with E-state index >= 15 is 0 Å². The first-order valence-corrected chi connectivity index (χ1v) is 12.3. The molecular formula is C27H27N5OS. The van der Waals surface area contributed by atoms with Gasteiger partial charge in [0.25, 0.3) is 0 Å². The minimum absolute atomic E-state index is 0.780. The van der Waals surface area contributed by atoms with Crippen molar-refractivity contribution >= 4 is 28.9 Å². The largest absolute Gasteiger partial charge is 0.378 e. The van der Waals surface area contributed by atoms with Crippen LogP contribution in [0, 0.1) is 13.8 Å². The van der Waals surface area contributed by atoms with Crippen LogP contribution in [0.25, 0.3) is 11.3 Å². The van der Waals surface area contributed by atoms with Crippen molar-refractivity contribution in [1.29, 1.82) is 0 Å². The SMILES string of the molecule is Cc1ccc(-c2csc(=Nc3cccnc3)n2N=Cc2ccc(N3CCOCC3)cc2)cc1C. The van der Waals surface area contributed by atoms with Crippen molar-refractivity contribution in [2.75, 3.05) is 31.2 Å². The number of benzene rings is 2. The maximum atomic E-state index is 5.46. The first kappa shape index (κ1) is 22.3. The highest BCUT2D eigenvalue weighted by atomic mass is 32.1. The number of hydrogen-bond acceptors (Lipinski definition) is 6. The van der Waals surface area contributed by atoms with E-state index in [1.54, 1.807) is 23.7 Å². The van der Waals surface area contributed by atoms with Crippen molar-refractivity contribution in [2.24, 2.45) is 10.1 Å². The lowest BCUT2D eigenvalue weighted by Crippen LogP contribution is -2.36. The molecule has 1 aliphatic rings. The van der Waals surface area contributed by atoms with E-state index in [0.29, 0.717) is 0 Å². The number of pyridine rings is 1. The van der Waals surface area contributed by atoms with Crippen molar-refractivity contribution in [2.45, 2.75) is 13.8 Å². The zero-order valence-corrected chi connectivity index (χ0v) is 20.2. The van der Waals surface area contributed by atoms with Crippen molar-refractivity contribution in [3.05, 3.63) is 93.9 Å². The summed E-state index contributed by atoms with van der Waals surface area (Å²) < 4.78 is 7.38. The molecule has 0 radical (unpaired) electrons. The van der Waals surface area contributed by atoms with Crippen LogP contribution in [-0.4, -0.2) is 42.2 Å². The lowest BCUT2D eigenvalue weighted by atomic mass is 10.1. The molecule has 5 rings (SSSR count). The molecule has 0 N–H and O–H groups in total. The van der Waals surface area contributed by atoms with Crippen molar-refractivity contribution < 1.29 is 4.74 Å². The van der Waals surface area contributed by atoms with E-state index in [9.17, 15) is 0 Å². The second-order valence-corrected chi connectivity index (χ2v) is 9.11. The van der Waals surface area contributed by atoms with Crippen LogP contribution in [0.5, 0.6) is 0 Å². The Bertz CT molecular complexity index is 1350. The number of aromatic nitrogens is 2. The average molecular weight is 470 g/mol. The molecule has 0 unspecified atom stereocenters. The Hall–Kier alpha value is -3.55. The Morgan fingerprint density at radius 3 is 2.56 bits per heavy atom. The Morgan fingerprint density at radius 1 is 1.00 bits per heavy atom. The van der Waals surface area contributed by atoms with Crippen LogP contribution in [0.1, 0.15) is 16.7 Å². The smallest absolute Gasteiger partial charge is 0.211 e. The highest BCUT2D eigenvalue weighted by Crippen LogP contribution is 2.24. The summed E-state index contributed by atoms with van der Waals surface area (Å²) in [5.41, 5.74) is 7.71. The number of rotatable bonds is 5. The van der Waals surface area contributed by atoms with Gasteiger partial charge in [-0.05, 0) is 60.9 Å². The molecule has 0 spiro atoms. The number of aryl methyl sites for hydroxylation is 2. The molecule has 6 nitrogen and oxygen atoms in total. The summed E-state index contributed by atoms with van der Waals surface area (Å²) in [6.07, 6.45) is 5.40. The quantitative estimate of drug-likeness (QED) is 0.379. The fourth-order valence-corrected chi connectivity index (χ4v) is 4.69. The molecule has 1 fully saturated rings. The summed E-state index contributed by atoms with van der Waals surface area (Å²) in [4.78, 5) is 12.1. The third-order valence-corrected chi connectivity index (χ3v) is 6.77. The lowest BCUT2D eigenvalue weighted by Gasteiger charge is -2.28. The monoisotopic (exact) mass is 469 g/mol. The predicted octanol–water partition coefficient (Wildman–Crippen LogP) is 5.18. The number of hydrogen-bond donors (Lipinski definition) is 0. The molecule has 0 atom stereocenters. The van der Waals surface area contributed by atoms with E-state index in [4.69, 9.17) is 14.8 Å². The van der Waals surface area contributed by atoms with E-state index in [-0.39, 0.29) is 0 Å². The van der Waals surface area contributed by atoms with Crippen molar-refractivity contribution in [1.82, 2.24) is 9.66 Å². The summed E-state index contributed by atoms with van der Waals surface area (Å²) in [5.74, 6) is 0. The number of anilines is 1. The molecule has 0 saturated carbocycles. The molecule has 172 valence electrons. The van der Waals surface area contributed by atoms with Crippen molar-refractivity contribution in [3.63, 3.8) is 0 Å². The maximum Gasteiger partial charge on any atom is 0.211 e. The summed E-state index contributed by atoms with van der Waals surface area (Å²) in [5, 5.41) is 6.97. The number of thiazole rings is 1. The molecule has 0 bridgehead atoms. The van der Waals surface area contributed by atoms with Gasteiger partial charge >= 0.3 is 0 Å². The van der Waals surface area contributed by atoms with Gasteiger partial charge in [-0.15, -0.1) is 11.3 Å². The minimum atomic E-state index is 0.780. The van der Waals surface area contributed by atoms with Crippen LogP contribution >= 0.6 is 11.3 Å². The first-order valence-electron chi connectivity index (χ1n) is 11.4. The molecule has 2 aromatic carbocycles. The zero-order chi connectivity index (χ0) is 23.3. The highest BCUT2D eigenvalue weighted by Gasteiger charge is 2.11. The van der Waals surface area contributed by atoms with Crippen LogP contribution in [-0.2, 0) is 4.74 Å². The molecule has 3 heterocycles. The summed E-state index contributed by atoms with van der Waals surface area (Å²) in [6, 6.07) is 18.8. The van der Waals surface area contributed by atoms with Crippen LogP contribution in [0.4, 0.5) is 11.4 Å². The molecular weight excluding hydrogens is 442 g/mol. The molecule has 0 aliphatic carbocycles. The van der Waals surface area contributed by atoms with Gasteiger partial charge in [0.1, 0.15) is 0 Å². The predicted molar refractivity (Wildman–Crippen MR) is 139 cm³/mol. The molecule has 34 heavy (non-hydrogen) atoms. The van der Waals surface area contributed by atoms with E-state index in [1.165, 1.54) is 16.8 Å². The Morgan fingerprint density at radius 2 is 1.82 bits per heavy atom. The second kappa shape index (κ2) is 10.2. The molecule has 7 heteroatoms. The van der Waals surface area contributed by atoms with Gasteiger partial charge in [-0.3, -0.25) is 4.98 Å². The van der Waals surface area contributed by atoms with E-state index in [1.807, 2.05) is 23.0 Å². The standard InChI is InChI=1S/C27H27N5OS/c1-20-5-8-23(16-21(20)2)26-19-34-27(30-24-4-3-11-28-18-24)32(26)29-17-22-6-9-25(10-7-22)31-12-14-33-15-13-31/h3-11,16-19H,12-15H2,1-2H3. The third kappa shape index (κ3) is 5.00. The van der Waals surface area contributed by atoms with Gasteiger partial charge in [0, 0.05) is 35.9 Å². The number of nitrogens with zero attached hydrogens (tertiary/aromatic N) is 5. The molecule has 4 aromatic rings. The van der Waals surface area contributed by atoms with Crippen molar-refractivity contribution in [3.8, 4) is 11.3 Å². The Labute approximate surface area is 203 Å². The van der Waals surface area contributed by atoms with Crippen LogP contribution < -0.4 is 9.70 Å². The molecule has 1 aliphatic heterocycles. The molecule has 0 amide bonds. The fourth-order valence-electron chi connectivity index (χ4n) is 3.84. The second-order valence-electron chi connectivity index (χ2n) is 8.27. The topological polar surface area (TPSA) is 55.0 Å². The maximum absolute atomic E-state index is 5.46. The minimum Gasteiger partial charge on any atom is -0.378 e. The summed E-state index contributed by atoms with van der Waals surface area (Å²) >= 11 is 1.57.